The van der Waals surface area contributed by atoms with E-state index in [0.29, 0.717) is 17.8 Å². The first-order valence-electron chi connectivity index (χ1n) is 8.84. The molecule has 0 saturated heterocycles. The third-order valence-corrected chi connectivity index (χ3v) is 5.13. The molecule has 0 unspecified atom stereocenters. The van der Waals surface area contributed by atoms with Crippen LogP contribution in [0.3, 0.4) is 0 Å². The van der Waals surface area contributed by atoms with Gasteiger partial charge in [-0.15, -0.1) is 0 Å². The number of anilines is 1. The van der Waals surface area contributed by atoms with Crippen LogP contribution >= 0.6 is 11.6 Å². The molecule has 7 nitrogen and oxygen atoms in total. The van der Waals surface area contributed by atoms with Gasteiger partial charge in [-0.05, 0) is 29.3 Å². The van der Waals surface area contributed by atoms with Gasteiger partial charge in [-0.3, -0.25) is 19.8 Å². The van der Waals surface area contributed by atoms with Crippen molar-refractivity contribution in [3.63, 3.8) is 0 Å². The molecule has 0 amide bonds. The van der Waals surface area contributed by atoms with Gasteiger partial charge in [0.15, 0.2) is 0 Å². The zero-order chi connectivity index (χ0) is 21.7. The predicted octanol–water partition coefficient (Wildman–Crippen LogP) is 4.82. The van der Waals surface area contributed by atoms with Crippen molar-refractivity contribution >= 4 is 38.2 Å². The van der Waals surface area contributed by atoms with Crippen molar-refractivity contribution in [2.75, 3.05) is 11.0 Å². The summed E-state index contributed by atoms with van der Waals surface area (Å²) in [4.78, 5) is 14.6. The average Bonchev–Trinajstić information content (AvgIpc) is 2.72. The van der Waals surface area contributed by atoms with E-state index in [-0.39, 0.29) is 10.9 Å². The summed E-state index contributed by atoms with van der Waals surface area (Å²) in [6.45, 7) is 0.333. The molecule has 0 aliphatic rings. The normalized spacial score (nSPS) is 11.9. The molecular weight excluding hydrogens is 426 g/mol. The Labute approximate surface area is 179 Å². The molecule has 0 heterocycles. The Morgan fingerprint density at radius 2 is 1.67 bits per heavy atom. The summed E-state index contributed by atoms with van der Waals surface area (Å²) in [7, 11) is -3.39. The lowest BCUT2D eigenvalue weighted by atomic mass is 10.0. The lowest BCUT2D eigenvalue weighted by molar-refractivity contribution is -0.384. The van der Waals surface area contributed by atoms with Gasteiger partial charge < -0.3 is 0 Å². The van der Waals surface area contributed by atoms with Gasteiger partial charge in [-0.2, -0.15) is 0 Å². The molecule has 3 aromatic rings. The maximum atomic E-state index is 11.6. The quantitative estimate of drug-likeness (QED) is 0.321. The second kappa shape index (κ2) is 9.06. The standard InChI is InChI=1S/C21H18ClN3O4S/c1-30(28,29)24-20-5-3-2-4-19(20)16-8-6-15(7-9-16)14-23-21(22)17-10-12-18(13-11-17)25(26)27/h2-13,24H,14H2,1H3. The number of rotatable bonds is 7. The molecule has 0 saturated carbocycles. The minimum absolute atomic E-state index is 0.00977. The zero-order valence-electron chi connectivity index (χ0n) is 15.9. The molecule has 1 N–H and O–H groups in total. The number of benzene rings is 3. The fourth-order valence-corrected chi connectivity index (χ4v) is 3.55. The maximum Gasteiger partial charge on any atom is 0.269 e. The van der Waals surface area contributed by atoms with E-state index in [9.17, 15) is 18.5 Å². The topological polar surface area (TPSA) is 102 Å². The third-order valence-electron chi connectivity index (χ3n) is 4.20. The summed E-state index contributed by atoms with van der Waals surface area (Å²) in [5.41, 5.74) is 3.63. The maximum absolute atomic E-state index is 11.6. The monoisotopic (exact) mass is 443 g/mol. The van der Waals surface area contributed by atoms with Gasteiger partial charge in [0.2, 0.25) is 10.0 Å². The second-order valence-corrected chi connectivity index (χ2v) is 8.63. The Hall–Kier alpha value is -3.23. The number of para-hydroxylation sites is 1. The van der Waals surface area contributed by atoms with Crippen molar-refractivity contribution in [3.05, 3.63) is 94.0 Å². The molecule has 3 aromatic carbocycles. The number of nitro benzene ring substituents is 1. The molecule has 0 aliphatic carbocycles. The highest BCUT2D eigenvalue weighted by molar-refractivity contribution is 7.92. The van der Waals surface area contributed by atoms with E-state index in [1.165, 1.54) is 12.1 Å². The van der Waals surface area contributed by atoms with Crippen LogP contribution in [0.15, 0.2) is 77.8 Å². The molecular formula is C21H18ClN3O4S. The Bertz CT molecular complexity index is 1190. The van der Waals surface area contributed by atoms with E-state index in [1.807, 2.05) is 36.4 Å². The van der Waals surface area contributed by atoms with Crippen molar-refractivity contribution < 1.29 is 13.3 Å². The number of aliphatic imine (C=N–C) groups is 1. The molecule has 0 aliphatic heterocycles. The van der Waals surface area contributed by atoms with Gasteiger partial charge in [-0.25, -0.2) is 8.42 Å². The van der Waals surface area contributed by atoms with Gasteiger partial charge in [0, 0.05) is 23.3 Å². The second-order valence-electron chi connectivity index (χ2n) is 6.53. The SMILES string of the molecule is CS(=O)(=O)Nc1ccccc1-c1ccc(CN=C(Cl)c2ccc([N+](=O)[O-])cc2)cc1. The first kappa shape index (κ1) is 21.5. The number of halogens is 1. The van der Waals surface area contributed by atoms with Crippen LogP contribution < -0.4 is 4.72 Å². The van der Waals surface area contributed by atoms with Crippen LogP contribution in [-0.4, -0.2) is 24.8 Å². The van der Waals surface area contributed by atoms with Crippen LogP contribution in [0.2, 0.25) is 0 Å². The largest absolute Gasteiger partial charge is 0.283 e. The van der Waals surface area contributed by atoms with E-state index in [4.69, 9.17) is 11.6 Å². The highest BCUT2D eigenvalue weighted by Crippen LogP contribution is 2.28. The number of sulfonamides is 1. The third kappa shape index (κ3) is 5.65. The average molecular weight is 444 g/mol. The van der Waals surface area contributed by atoms with Crippen molar-refractivity contribution in [1.29, 1.82) is 0 Å². The van der Waals surface area contributed by atoms with Crippen LogP contribution in [0.25, 0.3) is 11.1 Å². The number of hydrogen-bond acceptors (Lipinski definition) is 5. The fraction of sp³-hybridized carbons (Fsp3) is 0.0952. The number of nitrogens with one attached hydrogen (secondary N) is 1. The number of nitrogens with zero attached hydrogens (tertiary/aromatic N) is 2. The smallest absolute Gasteiger partial charge is 0.269 e. The van der Waals surface area contributed by atoms with Crippen LogP contribution in [0.4, 0.5) is 11.4 Å². The van der Waals surface area contributed by atoms with Gasteiger partial charge >= 0.3 is 0 Å². The Morgan fingerprint density at radius 3 is 2.27 bits per heavy atom. The lowest BCUT2D eigenvalue weighted by Crippen LogP contribution is -2.10. The Morgan fingerprint density at radius 1 is 1.03 bits per heavy atom. The zero-order valence-corrected chi connectivity index (χ0v) is 17.5. The van der Waals surface area contributed by atoms with Gasteiger partial charge in [0.05, 0.1) is 23.4 Å². The van der Waals surface area contributed by atoms with E-state index in [0.717, 1.165) is 22.9 Å². The molecule has 0 atom stereocenters. The van der Waals surface area contributed by atoms with E-state index in [2.05, 4.69) is 9.71 Å². The van der Waals surface area contributed by atoms with Crippen LogP contribution in [0, 0.1) is 10.1 Å². The fourth-order valence-electron chi connectivity index (χ4n) is 2.79. The highest BCUT2D eigenvalue weighted by atomic mass is 35.5. The van der Waals surface area contributed by atoms with E-state index >= 15 is 0 Å². The molecule has 0 spiro atoms. The van der Waals surface area contributed by atoms with Gasteiger partial charge in [0.25, 0.3) is 5.69 Å². The lowest BCUT2D eigenvalue weighted by Gasteiger charge is -2.11. The Kier molecular flexibility index (Phi) is 6.49. The molecule has 154 valence electrons. The van der Waals surface area contributed by atoms with Gasteiger partial charge in [-0.1, -0.05) is 54.1 Å². The summed E-state index contributed by atoms with van der Waals surface area (Å²) in [6, 6.07) is 20.6. The molecule has 0 aromatic heterocycles. The molecule has 0 bridgehead atoms. The van der Waals surface area contributed by atoms with Gasteiger partial charge in [0.1, 0.15) is 5.17 Å². The predicted molar refractivity (Wildman–Crippen MR) is 120 cm³/mol. The highest BCUT2D eigenvalue weighted by Gasteiger charge is 2.09. The number of hydrogen-bond donors (Lipinski definition) is 1. The van der Waals surface area contributed by atoms with Crippen molar-refractivity contribution in [2.45, 2.75) is 6.54 Å². The number of nitro groups is 1. The summed E-state index contributed by atoms with van der Waals surface area (Å²) in [5, 5.41) is 11.0. The minimum Gasteiger partial charge on any atom is -0.283 e. The van der Waals surface area contributed by atoms with Crippen molar-refractivity contribution in [2.24, 2.45) is 4.99 Å². The number of non-ortho nitro benzene ring substituents is 1. The van der Waals surface area contributed by atoms with Crippen molar-refractivity contribution in [1.82, 2.24) is 0 Å². The molecule has 0 fully saturated rings. The Balaban J connectivity index is 1.75. The molecule has 0 radical (unpaired) electrons. The summed E-state index contributed by atoms with van der Waals surface area (Å²) in [5.74, 6) is 0. The minimum atomic E-state index is -3.39. The molecule has 30 heavy (non-hydrogen) atoms. The summed E-state index contributed by atoms with van der Waals surface area (Å²) in [6.07, 6.45) is 1.11. The summed E-state index contributed by atoms with van der Waals surface area (Å²) >= 11 is 6.21. The van der Waals surface area contributed by atoms with Crippen molar-refractivity contribution in [3.8, 4) is 11.1 Å². The molecule has 3 rings (SSSR count). The van der Waals surface area contributed by atoms with Crippen LogP contribution in [0.1, 0.15) is 11.1 Å². The van der Waals surface area contributed by atoms with E-state index in [1.54, 1.807) is 24.3 Å². The summed E-state index contributed by atoms with van der Waals surface area (Å²) < 4.78 is 25.7. The molecule has 9 heteroatoms. The first-order valence-corrected chi connectivity index (χ1v) is 11.1. The van der Waals surface area contributed by atoms with Crippen LogP contribution in [0.5, 0.6) is 0 Å². The van der Waals surface area contributed by atoms with Crippen LogP contribution in [-0.2, 0) is 16.6 Å². The first-order chi connectivity index (χ1) is 14.2. The van der Waals surface area contributed by atoms with E-state index < -0.39 is 14.9 Å².